The van der Waals surface area contributed by atoms with Crippen LogP contribution in [0.25, 0.3) is 0 Å². The van der Waals surface area contributed by atoms with Crippen molar-refractivity contribution in [1.82, 2.24) is 5.43 Å². The molecule has 0 unspecified atom stereocenters. The van der Waals surface area contributed by atoms with Crippen LogP contribution in [0.1, 0.15) is 22.6 Å². The predicted octanol–water partition coefficient (Wildman–Crippen LogP) is 2.88. The van der Waals surface area contributed by atoms with Crippen molar-refractivity contribution in [3.05, 3.63) is 51.4 Å². The van der Waals surface area contributed by atoms with E-state index in [1.54, 1.807) is 39.0 Å². The molecule has 1 aromatic heterocycles. The molecular weight excluding hydrogens is 422 g/mol. The number of para-hydroxylation sites is 1. The highest BCUT2D eigenvalue weighted by Crippen LogP contribution is 2.26. The fourth-order valence-corrected chi connectivity index (χ4v) is 3.72. The van der Waals surface area contributed by atoms with Gasteiger partial charge in [0.2, 0.25) is 10.0 Å². The molecule has 7 nitrogen and oxygen atoms in total. The van der Waals surface area contributed by atoms with E-state index in [1.807, 2.05) is 6.07 Å². The first-order valence-corrected chi connectivity index (χ1v) is 10.4. The molecular formula is C17H20BrN3O4S. The number of nitrogens with zero attached hydrogens (tertiary/aromatic N) is 2. The number of nitrogens with one attached hydrogen (secondary N) is 1. The lowest BCUT2D eigenvalue weighted by molar-refractivity contribution is -0.119. The summed E-state index contributed by atoms with van der Waals surface area (Å²) in [5.41, 5.74) is 4.35. The van der Waals surface area contributed by atoms with Gasteiger partial charge in [-0.2, -0.15) is 5.10 Å². The van der Waals surface area contributed by atoms with Gasteiger partial charge in [0.05, 0.1) is 22.6 Å². The fraction of sp³-hybridized carbons (Fsp3) is 0.294. The maximum Gasteiger partial charge on any atom is 0.260 e. The largest absolute Gasteiger partial charge is 0.459 e. The van der Waals surface area contributed by atoms with E-state index in [1.165, 1.54) is 6.21 Å². The second-order valence-corrected chi connectivity index (χ2v) is 8.62. The molecule has 2 rings (SSSR count). The summed E-state index contributed by atoms with van der Waals surface area (Å²) in [6.07, 6.45) is 2.41. The molecule has 0 bridgehead atoms. The standard InChI is InChI=1S/C17H20BrN3O4S/c1-11-6-5-7-12(2)17(11)21(26(4,23)24)10-16(22)20-19-9-14-8-15(18)13(3)25-14/h5-9H,10H2,1-4H3,(H,20,22). The first kappa shape index (κ1) is 20.2. The van der Waals surface area contributed by atoms with Crippen LogP contribution in [0.5, 0.6) is 0 Å². The van der Waals surface area contributed by atoms with Crippen molar-refractivity contribution < 1.29 is 17.6 Å². The molecule has 0 aliphatic rings. The van der Waals surface area contributed by atoms with E-state index >= 15 is 0 Å². The van der Waals surface area contributed by atoms with Crippen LogP contribution in [-0.4, -0.2) is 33.3 Å². The highest BCUT2D eigenvalue weighted by Gasteiger charge is 2.23. The van der Waals surface area contributed by atoms with E-state index in [2.05, 4.69) is 26.5 Å². The number of anilines is 1. The highest BCUT2D eigenvalue weighted by molar-refractivity contribution is 9.10. The molecule has 9 heteroatoms. The second-order valence-electron chi connectivity index (χ2n) is 5.86. The molecule has 0 saturated heterocycles. The molecule has 2 aromatic rings. The third kappa shape index (κ3) is 4.95. The monoisotopic (exact) mass is 441 g/mol. The molecule has 1 amide bonds. The number of hydrogen-bond acceptors (Lipinski definition) is 5. The fourth-order valence-electron chi connectivity index (χ4n) is 2.44. The number of amides is 1. The van der Waals surface area contributed by atoms with Crippen molar-refractivity contribution in [3.8, 4) is 0 Å². The van der Waals surface area contributed by atoms with E-state index in [0.717, 1.165) is 26.2 Å². The first-order valence-electron chi connectivity index (χ1n) is 7.71. The summed E-state index contributed by atoms with van der Waals surface area (Å²) < 4.78 is 31.6. The zero-order valence-corrected chi connectivity index (χ0v) is 17.3. The first-order chi connectivity index (χ1) is 12.1. The number of benzene rings is 1. The van der Waals surface area contributed by atoms with Crippen molar-refractivity contribution in [2.75, 3.05) is 17.1 Å². The molecule has 0 fully saturated rings. The van der Waals surface area contributed by atoms with E-state index in [-0.39, 0.29) is 6.54 Å². The van der Waals surface area contributed by atoms with Crippen molar-refractivity contribution in [2.45, 2.75) is 20.8 Å². The number of sulfonamides is 1. The van der Waals surface area contributed by atoms with Gasteiger partial charge in [-0.15, -0.1) is 0 Å². The van der Waals surface area contributed by atoms with Gasteiger partial charge in [-0.05, 0) is 47.8 Å². The summed E-state index contributed by atoms with van der Waals surface area (Å²) in [6, 6.07) is 7.15. The number of rotatable bonds is 6. The quantitative estimate of drug-likeness (QED) is 0.550. The predicted molar refractivity (Wildman–Crippen MR) is 105 cm³/mol. The van der Waals surface area contributed by atoms with Gasteiger partial charge < -0.3 is 4.42 Å². The molecule has 0 aliphatic carbocycles. The maximum absolute atomic E-state index is 12.2. The average molecular weight is 442 g/mol. The number of aryl methyl sites for hydroxylation is 3. The summed E-state index contributed by atoms with van der Waals surface area (Å²) in [6.45, 7) is 5.01. The summed E-state index contributed by atoms with van der Waals surface area (Å²) >= 11 is 3.31. The minimum atomic E-state index is -3.64. The molecule has 0 atom stereocenters. The highest BCUT2D eigenvalue weighted by atomic mass is 79.9. The van der Waals surface area contributed by atoms with E-state index in [9.17, 15) is 13.2 Å². The molecule has 1 aromatic carbocycles. The van der Waals surface area contributed by atoms with Crippen molar-refractivity contribution in [2.24, 2.45) is 5.10 Å². The van der Waals surface area contributed by atoms with Crippen molar-refractivity contribution >= 4 is 43.8 Å². The molecule has 1 N–H and O–H groups in total. The van der Waals surface area contributed by atoms with Gasteiger partial charge in [0.15, 0.2) is 0 Å². The molecule has 0 spiro atoms. The third-order valence-corrected chi connectivity index (χ3v) is 5.53. The lowest BCUT2D eigenvalue weighted by Crippen LogP contribution is -2.39. The van der Waals surface area contributed by atoms with Gasteiger partial charge in [0.25, 0.3) is 5.91 Å². The minimum Gasteiger partial charge on any atom is -0.459 e. The zero-order valence-electron chi connectivity index (χ0n) is 14.9. The Morgan fingerprint density at radius 2 is 1.92 bits per heavy atom. The van der Waals surface area contributed by atoms with Crippen LogP contribution >= 0.6 is 15.9 Å². The van der Waals surface area contributed by atoms with E-state index in [0.29, 0.717) is 17.2 Å². The molecule has 0 saturated carbocycles. The molecule has 140 valence electrons. The van der Waals surface area contributed by atoms with Gasteiger partial charge in [-0.25, -0.2) is 13.8 Å². The average Bonchev–Trinajstić information content (AvgIpc) is 2.83. The Kier molecular flexibility index (Phi) is 6.25. The second kappa shape index (κ2) is 8.05. The van der Waals surface area contributed by atoms with Crippen LogP contribution in [-0.2, 0) is 14.8 Å². The summed E-state index contributed by atoms with van der Waals surface area (Å²) in [5.74, 6) is 0.595. The van der Waals surface area contributed by atoms with E-state index < -0.39 is 15.9 Å². The van der Waals surface area contributed by atoms with Crippen molar-refractivity contribution in [1.29, 1.82) is 0 Å². The van der Waals surface area contributed by atoms with Crippen LogP contribution in [0.2, 0.25) is 0 Å². The van der Waals surface area contributed by atoms with Gasteiger partial charge in [0.1, 0.15) is 18.1 Å². The van der Waals surface area contributed by atoms with Gasteiger partial charge in [0, 0.05) is 6.07 Å². The topological polar surface area (TPSA) is 92.0 Å². The molecule has 0 aliphatic heterocycles. The molecule has 26 heavy (non-hydrogen) atoms. The summed E-state index contributed by atoms with van der Waals surface area (Å²) in [7, 11) is -3.64. The summed E-state index contributed by atoms with van der Waals surface area (Å²) in [4.78, 5) is 12.2. The van der Waals surface area contributed by atoms with Gasteiger partial charge >= 0.3 is 0 Å². The van der Waals surface area contributed by atoms with Gasteiger partial charge in [-0.1, -0.05) is 18.2 Å². The van der Waals surface area contributed by atoms with Crippen LogP contribution in [0.15, 0.2) is 38.3 Å². The Morgan fingerprint density at radius 1 is 1.31 bits per heavy atom. The Morgan fingerprint density at radius 3 is 2.42 bits per heavy atom. The van der Waals surface area contributed by atoms with E-state index in [4.69, 9.17) is 4.42 Å². The molecule has 1 heterocycles. The Labute approximate surface area is 161 Å². The minimum absolute atomic E-state index is 0.372. The Balaban J connectivity index is 2.15. The Hall–Kier alpha value is -2.13. The number of hydrazone groups is 1. The number of hydrogen-bond donors (Lipinski definition) is 1. The van der Waals surface area contributed by atoms with Crippen LogP contribution < -0.4 is 9.73 Å². The zero-order chi connectivity index (χ0) is 19.5. The van der Waals surface area contributed by atoms with Crippen molar-refractivity contribution in [3.63, 3.8) is 0 Å². The SMILES string of the molecule is Cc1cccc(C)c1N(CC(=O)NN=Cc1cc(Br)c(C)o1)S(C)(=O)=O. The lowest BCUT2D eigenvalue weighted by atomic mass is 10.1. The third-order valence-electron chi connectivity index (χ3n) is 3.63. The molecule has 0 radical (unpaired) electrons. The number of furan rings is 1. The van der Waals surface area contributed by atoms with Gasteiger partial charge in [-0.3, -0.25) is 9.10 Å². The van der Waals surface area contributed by atoms with Crippen LogP contribution in [0, 0.1) is 20.8 Å². The Bertz CT molecular complexity index is 911. The maximum atomic E-state index is 12.2. The summed E-state index contributed by atoms with van der Waals surface area (Å²) in [5, 5.41) is 3.81. The van der Waals surface area contributed by atoms with Crippen LogP contribution in [0.4, 0.5) is 5.69 Å². The number of carbonyl (C=O) groups excluding carboxylic acids is 1. The number of halogens is 1. The van der Waals surface area contributed by atoms with Crippen LogP contribution in [0.3, 0.4) is 0 Å². The normalized spacial score (nSPS) is 11.7. The lowest BCUT2D eigenvalue weighted by Gasteiger charge is -2.25. The number of carbonyl (C=O) groups is 1. The smallest absolute Gasteiger partial charge is 0.260 e.